The zero-order chi connectivity index (χ0) is 11.5. The highest BCUT2D eigenvalue weighted by molar-refractivity contribution is 9.10. The molecule has 0 saturated carbocycles. The monoisotopic (exact) mass is 300 g/mol. The number of hydrogen-bond donors (Lipinski definition) is 1. The summed E-state index contributed by atoms with van der Waals surface area (Å²) in [6, 6.07) is 7.03. The maximum atomic E-state index is 5.83. The van der Waals surface area contributed by atoms with Crippen molar-refractivity contribution in [2.45, 2.75) is 13.0 Å². The Balaban J connectivity index is 2.23. The van der Waals surface area contributed by atoms with Gasteiger partial charge in [-0.3, -0.25) is 0 Å². The van der Waals surface area contributed by atoms with E-state index in [0.29, 0.717) is 6.04 Å². The van der Waals surface area contributed by atoms with E-state index in [0.717, 1.165) is 18.8 Å². The molecule has 1 aliphatic heterocycles. The number of benzene rings is 1. The fraction of sp³-hybridized carbons (Fsp3) is 0.500. The van der Waals surface area contributed by atoms with E-state index >= 15 is 0 Å². The zero-order valence-corrected chi connectivity index (χ0v) is 11.9. The molecule has 1 fully saturated rings. The van der Waals surface area contributed by atoms with Crippen LogP contribution in [0, 0.1) is 6.92 Å². The number of hydrogen-bond acceptors (Lipinski definition) is 3. The van der Waals surface area contributed by atoms with Gasteiger partial charge in [-0.2, -0.15) is 11.8 Å². The fourth-order valence-corrected chi connectivity index (χ4v) is 3.32. The summed E-state index contributed by atoms with van der Waals surface area (Å²) in [5.41, 5.74) is 8.42. The normalized spacial score (nSPS) is 21.2. The lowest BCUT2D eigenvalue weighted by Gasteiger charge is -2.36. The van der Waals surface area contributed by atoms with Crippen LogP contribution < -0.4 is 10.6 Å². The second kappa shape index (κ2) is 5.43. The third-order valence-electron chi connectivity index (χ3n) is 2.97. The summed E-state index contributed by atoms with van der Waals surface area (Å²) in [6.07, 6.45) is 0. The second-order valence-corrected chi connectivity index (χ2v) is 6.10. The Hall–Kier alpha value is -0.190. The Morgan fingerprint density at radius 2 is 2.38 bits per heavy atom. The van der Waals surface area contributed by atoms with Crippen molar-refractivity contribution in [3.05, 3.63) is 28.2 Å². The van der Waals surface area contributed by atoms with E-state index in [1.807, 2.05) is 11.8 Å². The largest absolute Gasteiger partial charge is 0.366 e. The Morgan fingerprint density at radius 1 is 1.56 bits per heavy atom. The van der Waals surface area contributed by atoms with Gasteiger partial charge in [-0.05, 0) is 30.7 Å². The average molecular weight is 301 g/mol. The lowest BCUT2D eigenvalue weighted by atomic mass is 10.1. The van der Waals surface area contributed by atoms with E-state index in [9.17, 15) is 0 Å². The van der Waals surface area contributed by atoms with Gasteiger partial charge in [0.05, 0.1) is 6.04 Å². The Morgan fingerprint density at radius 3 is 3.06 bits per heavy atom. The number of nitrogens with zero attached hydrogens (tertiary/aromatic N) is 1. The van der Waals surface area contributed by atoms with Gasteiger partial charge in [0.1, 0.15) is 0 Å². The lowest BCUT2D eigenvalue weighted by molar-refractivity contribution is 0.655. The third kappa shape index (κ3) is 2.55. The Kier molecular flexibility index (Phi) is 4.16. The summed E-state index contributed by atoms with van der Waals surface area (Å²) in [6.45, 7) is 3.97. The number of thioether (sulfide) groups is 1. The molecule has 88 valence electrons. The summed E-state index contributed by atoms with van der Waals surface area (Å²) < 4.78 is 1.17. The highest BCUT2D eigenvalue weighted by atomic mass is 79.9. The van der Waals surface area contributed by atoms with E-state index in [1.165, 1.54) is 21.5 Å². The number of rotatable bonds is 2. The first kappa shape index (κ1) is 12.3. The first-order chi connectivity index (χ1) is 7.72. The van der Waals surface area contributed by atoms with Crippen molar-refractivity contribution in [2.24, 2.45) is 5.73 Å². The molecule has 0 spiro atoms. The summed E-state index contributed by atoms with van der Waals surface area (Å²) in [5, 5.41) is 0. The summed E-state index contributed by atoms with van der Waals surface area (Å²) >= 11 is 5.54. The van der Waals surface area contributed by atoms with Gasteiger partial charge in [0, 0.05) is 34.8 Å². The quantitative estimate of drug-likeness (QED) is 0.910. The van der Waals surface area contributed by atoms with Crippen molar-refractivity contribution in [2.75, 3.05) is 29.5 Å². The molecule has 1 atom stereocenters. The van der Waals surface area contributed by atoms with Gasteiger partial charge < -0.3 is 10.6 Å². The van der Waals surface area contributed by atoms with Crippen LogP contribution in [0.25, 0.3) is 0 Å². The first-order valence-corrected chi connectivity index (χ1v) is 7.47. The van der Waals surface area contributed by atoms with E-state index < -0.39 is 0 Å². The van der Waals surface area contributed by atoms with Gasteiger partial charge in [0.25, 0.3) is 0 Å². The van der Waals surface area contributed by atoms with Gasteiger partial charge >= 0.3 is 0 Å². The molecule has 0 aliphatic carbocycles. The van der Waals surface area contributed by atoms with Crippen LogP contribution in [-0.4, -0.2) is 30.6 Å². The maximum absolute atomic E-state index is 5.83. The second-order valence-electron chi connectivity index (χ2n) is 4.09. The smallest absolute Gasteiger partial charge is 0.0503 e. The van der Waals surface area contributed by atoms with Gasteiger partial charge in [0.2, 0.25) is 0 Å². The van der Waals surface area contributed by atoms with Crippen LogP contribution in [0.1, 0.15) is 5.56 Å². The molecule has 0 aromatic heterocycles. The number of halogens is 1. The van der Waals surface area contributed by atoms with Crippen LogP contribution >= 0.6 is 27.7 Å². The van der Waals surface area contributed by atoms with Crippen molar-refractivity contribution in [1.29, 1.82) is 0 Å². The number of anilines is 1. The molecule has 1 aromatic rings. The van der Waals surface area contributed by atoms with Crippen LogP contribution in [0.4, 0.5) is 5.69 Å². The standard InChI is InChI=1S/C12H17BrN2S/c1-9-6-10(2-3-12(9)13)15-4-5-16-8-11(15)7-14/h2-3,6,11H,4-5,7-8,14H2,1H3. The van der Waals surface area contributed by atoms with Crippen LogP contribution in [-0.2, 0) is 0 Å². The molecule has 1 heterocycles. The van der Waals surface area contributed by atoms with E-state index in [4.69, 9.17) is 5.73 Å². The van der Waals surface area contributed by atoms with Crippen molar-refractivity contribution in [3.63, 3.8) is 0 Å². The Labute approximate surface area is 110 Å². The van der Waals surface area contributed by atoms with E-state index in [1.54, 1.807) is 0 Å². The summed E-state index contributed by atoms with van der Waals surface area (Å²) in [4.78, 5) is 2.44. The van der Waals surface area contributed by atoms with Gasteiger partial charge in [0.15, 0.2) is 0 Å². The topological polar surface area (TPSA) is 29.3 Å². The van der Waals surface area contributed by atoms with Gasteiger partial charge in [-0.15, -0.1) is 0 Å². The fourth-order valence-electron chi connectivity index (χ4n) is 2.00. The molecule has 2 nitrogen and oxygen atoms in total. The molecule has 2 N–H and O–H groups in total. The maximum Gasteiger partial charge on any atom is 0.0503 e. The van der Waals surface area contributed by atoms with Crippen molar-refractivity contribution in [3.8, 4) is 0 Å². The van der Waals surface area contributed by atoms with Gasteiger partial charge in [-0.25, -0.2) is 0 Å². The molecular formula is C12H17BrN2S. The minimum absolute atomic E-state index is 0.485. The van der Waals surface area contributed by atoms with E-state index in [-0.39, 0.29) is 0 Å². The summed E-state index contributed by atoms with van der Waals surface area (Å²) in [7, 11) is 0. The highest BCUT2D eigenvalue weighted by Crippen LogP contribution is 2.27. The van der Waals surface area contributed by atoms with Crippen LogP contribution in [0.15, 0.2) is 22.7 Å². The molecule has 1 unspecified atom stereocenters. The highest BCUT2D eigenvalue weighted by Gasteiger charge is 2.21. The molecule has 0 amide bonds. The number of aryl methyl sites for hydroxylation is 1. The van der Waals surface area contributed by atoms with Crippen molar-refractivity contribution >= 4 is 33.4 Å². The molecule has 16 heavy (non-hydrogen) atoms. The predicted molar refractivity (Wildman–Crippen MR) is 76.4 cm³/mol. The minimum Gasteiger partial charge on any atom is -0.366 e. The molecule has 0 radical (unpaired) electrons. The van der Waals surface area contributed by atoms with Crippen molar-refractivity contribution in [1.82, 2.24) is 0 Å². The first-order valence-electron chi connectivity index (χ1n) is 5.53. The minimum atomic E-state index is 0.485. The molecule has 1 aliphatic rings. The third-order valence-corrected chi connectivity index (χ3v) is 4.95. The molecule has 0 bridgehead atoms. The Bertz CT molecular complexity index is 370. The number of nitrogens with two attached hydrogens (primary N) is 1. The molecule has 1 saturated heterocycles. The van der Waals surface area contributed by atoms with Gasteiger partial charge in [-0.1, -0.05) is 15.9 Å². The van der Waals surface area contributed by atoms with Crippen LogP contribution in [0.2, 0.25) is 0 Å². The molecule has 2 rings (SSSR count). The average Bonchev–Trinajstić information content (AvgIpc) is 2.32. The molecule has 1 aromatic carbocycles. The lowest BCUT2D eigenvalue weighted by Crippen LogP contribution is -2.46. The van der Waals surface area contributed by atoms with Crippen LogP contribution in [0.3, 0.4) is 0 Å². The molecule has 4 heteroatoms. The zero-order valence-electron chi connectivity index (χ0n) is 9.45. The summed E-state index contributed by atoms with van der Waals surface area (Å²) in [5.74, 6) is 2.34. The van der Waals surface area contributed by atoms with E-state index in [2.05, 4.69) is 46.0 Å². The van der Waals surface area contributed by atoms with Crippen molar-refractivity contribution < 1.29 is 0 Å². The SMILES string of the molecule is Cc1cc(N2CCSCC2CN)ccc1Br. The van der Waals surface area contributed by atoms with Crippen LogP contribution in [0.5, 0.6) is 0 Å². The molecular weight excluding hydrogens is 284 g/mol. The predicted octanol–water partition coefficient (Wildman–Crippen LogP) is 2.64.